The van der Waals surface area contributed by atoms with Crippen molar-refractivity contribution in [3.8, 4) is 0 Å². The number of hydrogen-bond acceptors (Lipinski definition) is 7. The molecule has 4 N–H and O–H groups in total. The summed E-state index contributed by atoms with van der Waals surface area (Å²) < 4.78 is 5.59. The van der Waals surface area contributed by atoms with Crippen LogP contribution in [0.4, 0.5) is 0 Å². The maximum Gasteiger partial charge on any atom is 0.330 e. The molecule has 0 saturated heterocycles. The van der Waals surface area contributed by atoms with Crippen molar-refractivity contribution in [3.63, 3.8) is 0 Å². The molecule has 0 heterocycles. The number of rotatable bonds is 8. The molecule has 202 valence electrons. The van der Waals surface area contributed by atoms with E-state index in [2.05, 4.69) is 13.0 Å². The fourth-order valence-electron chi connectivity index (χ4n) is 7.34. The number of unbranched alkanes of at least 4 members (excludes halogenated alkanes) is 1. The van der Waals surface area contributed by atoms with E-state index in [1.54, 1.807) is 31.2 Å². The molecule has 0 aromatic carbocycles. The minimum atomic E-state index is -2.15. The number of carbonyl (C=O) groups is 2. The molecule has 7 nitrogen and oxygen atoms in total. The maximum absolute atomic E-state index is 14.2. The number of ether oxygens (including phenoxy) is 1. The summed E-state index contributed by atoms with van der Waals surface area (Å²) in [7, 11) is 0. The predicted octanol–water partition coefficient (Wildman–Crippen LogP) is 2.81. The van der Waals surface area contributed by atoms with E-state index in [0.29, 0.717) is 12.0 Å². The van der Waals surface area contributed by atoms with Gasteiger partial charge in [-0.1, -0.05) is 69.7 Å². The highest BCUT2D eigenvalue weighted by atomic mass is 16.5. The van der Waals surface area contributed by atoms with E-state index in [-0.39, 0.29) is 35.7 Å². The fraction of sp³-hybridized carbons (Fsp3) is 0.600. The maximum atomic E-state index is 14.2. The summed E-state index contributed by atoms with van der Waals surface area (Å²) in [6.45, 7) is 7.22. The molecule has 0 aromatic heterocycles. The van der Waals surface area contributed by atoms with Crippen LogP contribution in [0.25, 0.3) is 0 Å². The minimum Gasteiger partial charge on any atom is -0.462 e. The zero-order valence-corrected chi connectivity index (χ0v) is 22.1. The second-order valence-electron chi connectivity index (χ2n) is 11.5. The van der Waals surface area contributed by atoms with Crippen LogP contribution >= 0.6 is 0 Å². The Morgan fingerprint density at radius 1 is 1.19 bits per heavy atom. The van der Waals surface area contributed by atoms with Gasteiger partial charge in [0.15, 0.2) is 5.78 Å². The number of hydrogen-bond donors (Lipinski definition) is 4. The van der Waals surface area contributed by atoms with E-state index in [9.17, 15) is 30.0 Å². The van der Waals surface area contributed by atoms with Crippen molar-refractivity contribution in [1.29, 1.82) is 0 Å². The molecule has 0 unspecified atom stereocenters. The van der Waals surface area contributed by atoms with E-state index < -0.39 is 47.1 Å². The zero-order valence-electron chi connectivity index (χ0n) is 22.1. The number of aliphatic hydroxyl groups is 4. The molecule has 2 saturated carbocycles. The first-order valence-corrected chi connectivity index (χ1v) is 13.3. The largest absolute Gasteiger partial charge is 0.462 e. The normalized spacial score (nSPS) is 42.9. The number of Topliss-reactive ketones (excluding diaryl/α,β-unsaturated/α-hetero) is 1. The van der Waals surface area contributed by atoms with E-state index in [1.165, 1.54) is 6.08 Å². The smallest absolute Gasteiger partial charge is 0.330 e. The number of carbonyl (C=O) groups excluding carboxylic acids is 2. The summed E-state index contributed by atoms with van der Waals surface area (Å²) in [5.41, 5.74) is -3.51. The molecule has 4 rings (SSSR count). The molecule has 0 aliphatic heterocycles. The molecular weight excluding hydrogens is 472 g/mol. The first kappa shape index (κ1) is 27.7. The Kier molecular flexibility index (Phi) is 7.56. The summed E-state index contributed by atoms with van der Waals surface area (Å²) in [6.07, 6.45) is 13.5. The van der Waals surface area contributed by atoms with E-state index in [0.717, 1.165) is 12.8 Å². The second-order valence-corrected chi connectivity index (χ2v) is 11.5. The molecule has 2 fully saturated rings. The van der Waals surface area contributed by atoms with Gasteiger partial charge in [-0.3, -0.25) is 4.79 Å². The van der Waals surface area contributed by atoms with Crippen molar-refractivity contribution in [1.82, 2.24) is 0 Å². The SMILES string of the molecule is CCC\C=C/C=C/C=C\C(=O)OC[C@@]1(C)[C@H]2[C@@H]3C=C(CO)[C@@H](O)[C@]4(O)[C@@H](O)C(C)=C[C@@]4(C3=O)[C@H](C)C[C@H]21. The van der Waals surface area contributed by atoms with Crippen molar-refractivity contribution in [2.24, 2.45) is 34.5 Å². The average Bonchev–Trinajstić information content (AvgIpc) is 3.41. The molecule has 37 heavy (non-hydrogen) atoms. The molecule has 4 aliphatic rings. The third kappa shape index (κ3) is 4.11. The Hall–Kier alpha value is -2.32. The third-order valence-corrected chi connectivity index (χ3v) is 9.41. The van der Waals surface area contributed by atoms with E-state index >= 15 is 0 Å². The summed E-state index contributed by atoms with van der Waals surface area (Å²) in [6, 6.07) is 0. The lowest BCUT2D eigenvalue weighted by Gasteiger charge is -2.48. The first-order valence-electron chi connectivity index (χ1n) is 13.3. The van der Waals surface area contributed by atoms with Gasteiger partial charge in [0, 0.05) is 17.4 Å². The Balaban J connectivity index is 1.56. The summed E-state index contributed by atoms with van der Waals surface area (Å²) >= 11 is 0. The lowest BCUT2D eigenvalue weighted by Crippen LogP contribution is -2.65. The van der Waals surface area contributed by atoms with Gasteiger partial charge in [0.25, 0.3) is 0 Å². The van der Waals surface area contributed by atoms with Crippen molar-refractivity contribution in [2.75, 3.05) is 13.2 Å². The van der Waals surface area contributed by atoms with Gasteiger partial charge in [0.2, 0.25) is 0 Å². The number of aliphatic hydroxyl groups excluding tert-OH is 3. The minimum absolute atomic E-state index is 0.0401. The van der Waals surface area contributed by atoms with Gasteiger partial charge in [-0.15, -0.1) is 0 Å². The van der Waals surface area contributed by atoms with Crippen LogP contribution < -0.4 is 0 Å². The quantitative estimate of drug-likeness (QED) is 0.171. The molecule has 7 heteroatoms. The van der Waals surface area contributed by atoms with E-state index in [4.69, 9.17) is 4.74 Å². The molecule has 9 atom stereocenters. The highest BCUT2D eigenvalue weighted by Gasteiger charge is 2.76. The van der Waals surface area contributed by atoms with Crippen LogP contribution in [0.5, 0.6) is 0 Å². The van der Waals surface area contributed by atoms with Crippen molar-refractivity contribution in [3.05, 3.63) is 59.8 Å². The molecular formula is C30H40O7. The van der Waals surface area contributed by atoms with Crippen LogP contribution in [-0.2, 0) is 14.3 Å². The van der Waals surface area contributed by atoms with Crippen LogP contribution in [0.15, 0.2) is 59.8 Å². The fourth-order valence-corrected chi connectivity index (χ4v) is 7.34. The highest BCUT2D eigenvalue weighted by molar-refractivity contribution is 5.95. The van der Waals surface area contributed by atoms with Gasteiger partial charge in [0.1, 0.15) is 17.8 Å². The summed E-state index contributed by atoms with van der Waals surface area (Å²) in [5, 5.41) is 44.0. The zero-order chi connectivity index (χ0) is 27.2. The summed E-state index contributed by atoms with van der Waals surface area (Å²) in [5.74, 6) is -1.94. The van der Waals surface area contributed by atoms with Crippen molar-refractivity contribution < 1.29 is 34.8 Å². The number of esters is 1. The number of fused-ring (bicyclic) bond motifs is 3. The Labute approximate surface area is 218 Å². The highest BCUT2D eigenvalue weighted by Crippen LogP contribution is 2.71. The van der Waals surface area contributed by atoms with Crippen molar-refractivity contribution in [2.45, 2.75) is 64.8 Å². The lowest BCUT2D eigenvalue weighted by atomic mass is 9.59. The standard InChI is InChI=1S/C30H40O7/c1-5-6-7-8-9-10-11-12-23(32)37-17-28(4)22-13-19(3)29-15-18(2)25(33)30(29,36)26(34)20(16-31)14-21(24(22)28)27(29)35/h7-12,14-15,19,21-22,24-26,31,33-34,36H,5-6,13,16-17H2,1-4H3/b8-7-,10-9+,12-11-/t19-,21+,22-,24+,25+,26-,28-,29+,30-/m1/s1. The molecule has 2 bridgehead atoms. The van der Waals surface area contributed by atoms with Crippen LogP contribution in [0.2, 0.25) is 0 Å². The average molecular weight is 513 g/mol. The second kappa shape index (κ2) is 10.1. The molecule has 4 aliphatic carbocycles. The van der Waals surface area contributed by atoms with Crippen molar-refractivity contribution >= 4 is 11.8 Å². The Bertz CT molecular complexity index is 1080. The first-order chi connectivity index (χ1) is 17.5. The van der Waals surface area contributed by atoms with Gasteiger partial charge in [0.05, 0.1) is 18.6 Å². The Morgan fingerprint density at radius 3 is 2.57 bits per heavy atom. The topological polar surface area (TPSA) is 124 Å². The molecule has 0 radical (unpaired) electrons. The number of allylic oxidation sites excluding steroid dienone is 6. The number of ketones is 1. The van der Waals surface area contributed by atoms with Gasteiger partial charge in [-0.25, -0.2) is 4.79 Å². The molecule has 1 spiro atoms. The molecule has 0 aromatic rings. The monoisotopic (exact) mass is 512 g/mol. The van der Waals surface area contributed by atoms with E-state index in [1.807, 2.05) is 26.0 Å². The summed E-state index contributed by atoms with van der Waals surface area (Å²) in [4.78, 5) is 26.6. The van der Waals surface area contributed by atoms with Crippen LogP contribution in [0, 0.1) is 34.5 Å². The van der Waals surface area contributed by atoms with Gasteiger partial charge >= 0.3 is 5.97 Å². The van der Waals surface area contributed by atoms with Crippen LogP contribution in [-0.4, -0.2) is 63.2 Å². The van der Waals surface area contributed by atoms with Crippen LogP contribution in [0.3, 0.4) is 0 Å². The van der Waals surface area contributed by atoms with Gasteiger partial charge in [-0.2, -0.15) is 0 Å². The third-order valence-electron chi connectivity index (χ3n) is 9.41. The molecule has 0 amide bonds. The Morgan fingerprint density at radius 2 is 1.89 bits per heavy atom. The lowest BCUT2D eigenvalue weighted by molar-refractivity contribution is -0.190. The van der Waals surface area contributed by atoms with Gasteiger partial charge in [-0.05, 0) is 48.7 Å². The predicted molar refractivity (Wildman–Crippen MR) is 139 cm³/mol. The van der Waals surface area contributed by atoms with Crippen LogP contribution in [0.1, 0.15) is 47.0 Å². The van der Waals surface area contributed by atoms with Gasteiger partial charge < -0.3 is 25.2 Å².